The molecule has 45 heavy (non-hydrogen) atoms. The highest BCUT2D eigenvalue weighted by Gasteiger charge is 2.55. The number of Topliss-reactive ketones (excluding diaryl/α,β-unsaturated/α-hetero) is 1. The van der Waals surface area contributed by atoms with Gasteiger partial charge >= 0.3 is 11.9 Å². The first-order valence-corrected chi connectivity index (χ1v) is 16.0. The number of thioether (sulfide) groups is 1. The predicted molar refractivity (Wildman–Crippen MR) is 159 cm³/mol. The van der Waals surface area contributed by atoms with Crippen LogP contribution in [0, 0.1) is 12.3 Å². The lowest BCUT2D eigenvalue weighted by molar-refractivity contribution is -0.190. The van der Waals surface area contributed by atoms with Crippen molar-refractivity contribution in [3.63, 3.8) is 0 Å². The number of nitrogens with one attached hydrogen (secondary N) is 1. The number of carbonyl (C=O) groups is 5. The Hall–Kier alpha value is -3.80. The van der Waals surface area contributed by atoms with E-state index in [0.717, 1.165) is 17.6 Å². The van der Waals surface area contributed by atoms with E-state index in [1.165, 1.54) is 37.9 Å². The smallest absolute Gasteiger partial charge is 0.358 e. The van der Waals surface area contributed by atoms with Crippen LogP contribution in [0.2, 0.25) is 0 Å². The molecule has 2 aliphatic heterocycles. The van der Waals surface area contributed by atoms with Crippen molar-refractivity contribution in [2.75, 3.05) is 33.2 Å². The molecule has 3 atom stereocenters. The number of hydrogen-bond donors (Lipinski definition) is 1. The second kappa shape index (κ2) is 14.5. The number of benzene rings is 1. The van der Waals surface area contributed by atoms with Crippen LogP contribution in [0.3, 0.4) is 0 Å². The Morgan fingerprint density at radius 2 is 1.76 bits per heavy atom. The van der Waals surface area contributed by atoms with E-state index in [2.05, 4.69) is 15.3 Å². The Kier molecular flexibility index (Phi) is 11.5. The van der Waals surface area contributed by atoms with Gasteiger partial charge in [0.15, 0.2) is 0 Å². The molecule has 0 aliphatic carbocycles. The average molecular weight is 670 g/mol. The molecule has 2 heterocycles. The maximum absolute atomic E-state index is 13.2. The maximum Gasteiger partial charge on any atom is 0.358 e. The van der Waals surface area contributed by atoms with Gasteiger partial charge < -0.3 is 24.4 Å². The number of oxime groups is 1. The van der Waals surface area contributed by atoms with Crippen molar-refractivity contribution in [2.24, 2.45) is 10.6 Å². The molecule has 1 fully saturated rings. The van der Waals surface area contributed by atoms with Gasteiger partial charge in [0.1, 0.15) is 30.8 Å². The third kappa shape index (κ3) is 8.47. The van der Waals surface area contributed by atoms with Crippen LogP contribution in [-0.2, 0) is 57.3 Å². The molecule has 0 bridgehead atoms. The molecule has 17 heteroatoms. The van der Waals surface area contributed by atoms with E-state index in [9.17, 15) is 32.4 Å². The van der Waals surface area contributed by atoms with E-state index in [4.69, 9.17) is 18.4 Å². The number of methoxy groups -OCH3 is 1. The fourth-order valence-electron chi connectivity index (χ4n) is 4.01. The van der Waals surface area contributed by atoms with E-state index in [0.29, 0.717) is 5.57 Å². The molecular weight excluding hydrogens is 634 g/mol. The molecule has 2 aliphatic rings. The van der Waals surface area contributed by atoms with Crippen LogP contribution in [0.1, 0.15) is 33.3 Å². The Labute approximate surface area is 264 Å². The summed E-state index contributed by atoms with van der Waals surface area (Å²) in [4.78, 5) is 70.0. The van der Waals surface area contributed by atoms with Gasteiger partial charge in [-0.2, -0.15) is 8.42 Å². The molecule has 2 unspecified atom stereocenters. The lowest BCUT2D eigenvalue weighted by Crippen LogP contribution is -2.71. The Morgan fingerprint density at radius 1 is 1.11 bits per heavy atom. The highest BCUT2D eigenvalue weighted by Crippen LogP contribution is 2.41. The highest BCUT2D eigenvalue weighted by atomic mass is 32.2. The quantitative estimate of drug-likeness (QED) is 0.0596. The summed E-state index contributed by atoms with van der Waals surface area (Å²) in [6.45, 7) is 6.95. The molecule has 3 rings (SSSR count). The second-order valence-corrected chi connectivity index (χ2v) is 13.7. The fraction of sp³-hybridized carbons (Fsp3) is 0.500. The van der Waals surface area contributed by atoms with Gasteiger partial charge in [0.2, 0.25) is 17.8 Å². The first-order chi connectivity index (χ1) is 21.0. The van der Waals surface area contributed by atoms with E-state index in [1.54, 1.807) is 39.8 Å². The lowest BCUT2D eigenvalue weighted by atomic mass is 9.97. The molecule has 15 nitrogen and oxygen atoms in total. The minimum atomic E-state index is -4.33. The van der Waals surface area contributed by atoms with E-state index >= 15 is 0 Å². The Balaban J connectivity index is 1.71. The third-order valence-electron chi connectivity index (χ3n) is 6.32. The monoisotopic (exact) mass is 669 g/mol. The Morgan fingerprint density at radius 3 is 2.33 bits per heavy atom. The molecule has 0 saturated carbocycles. The highest BCUT2D eigenvalue weighted by molar-refractivity contribution is 8.00. The van der Waals surface area contributed by atoms with Gasteiger partial charge in [-0.3, -0.25) is 28.3 Å². The molecule has 0 radical (unpaired) electrons. The molecular formula is C28H35N3O12S2. The van der Waals surface area contributed by atoms with Gasteiger partial charge in [0, 0.05) is 19.8 Å². The molecule has 246 valence electrons. The van der Waals surface area contributed by atoms with Crippen LogP contribution in [-0.4, -0.2) is 99.5 Å². The molecule has 1 aromatic carbocycles. The molecule has 0 spiro atoms. The van der Waals surface area contributed by atoms with Gasteiger partial charge in [-0.15, -0.1) is 11.8 Å². The fourth-order valence-corrected chi connectivity index (χ4v) is 6.20. The van der Waals surface area contributed by atoms with Crippen molar-refractivity contribution < 1.29 is 55.6 Å². The molecule has 1 N–H and O–H groups in total. The number of hydrogen-bond acceptors (Lipinski definition) is 14. The van der Waals surface area contributed by atoms with Crippen molar-refractivity contribution in [3.05, 3.63) is 41.1 Å². The van der Waals surface area contributed by atoms with Crippen LogP contribution in [0.4, 0.5) is 0 Å². The van der Waals surface area contributed by atoms with Crippen molar-refractivity contribution in [1.29, 1.82) is 0 Å². The summed E-state index contributed by atoms with van der Waals surface area (Å²) in [5, 5.41) is 5.02. The van der Waals surface area contributed by atoms with Crippen molar-refractivity contribution in [2.45, 2.75) is 57.2 Å². The summed E-state index contributed by atoms with van der Waals surface area (Å²) in [6, 6.07) is 4.51. The van der Waals surface area contributed by atoms with Crippen LogP contribution in [0.5, 0.6) is 0 Å². The van der Waals surface area contributed by atoms with Crippen molar-refractivity contribution >= 4 is 57.1 Å². The van der Waals surface area contributed by atoms with E-state index < -0.39 is 75.1 Å². The van der Waals surface area contributed by atoms with Crippen LogP contribution in [0.15, 0.2) is 45.6 Å². The zero-order valence-corrected chi connectivity index (χ0v) is 27.4. The standard InChI is InChI=1S/C28H35N3O12S2/c1-15-8-10-18(11-9-15)45(37,38)41-13-19(32)20(30-40-7)23(33)29-21-24(34)31-22(17(12-39-6)14-44-25(21)31)26(35)42-16(2)43-27(36)28(3,4)5/h8-11,16,21,25H,12-14H2,1-7H3,(H,29,33)/b30-20-/t16?,21?,25-/m1/s1. The normalized spacial score (nSPS) is 19.2. The van der Waals surface area contributed by atoms with Crippen LogP contribution in [0.25, 0.3) is 0 Å². The summed E-state index contributed by atoms with van der Waals surface area (Å²) < 4.78 is 45.5. The number of aryl methyl sites for hydroxylation is 1. The van der Waals surface area contributed by atoms with Gasteiger partial charge in [-0.25, -0.2) is 4.79 Å². The van der Waals surface area contributed by atoms with Crippen LogP contribution >= 0.6 is 11.8 Å². The number of β-lactam (4-membered cyclic amide) rings is 1. The minimum absolute atomic E-state index is 0.00817. The Bertz CT molecular complexity index is 1510. The number of ether oxygens (including phenoxy) is 3. The first-order valence-electron chi connectivity index (χ1n) is 13.5. The van der Waals surface area contributed by atoms with Gasteiger partial charge in [-0.05, 0) is 45.4 Å². The van der Waals surface area contributed by atoms with E-state index in [-0.39, 0.29) is 23.0 Å². The van der Waals surface area contributed by atoms with E-state index in [1.807, 2.05) is 0 Å². The number of nitrogens with zero attached hydrogens (tertiary/aromatic N) is 2. The SMILES string of the molecule is COCC1=C(C(=O)OC(C)OC(=O)C(C)(C)C)N2C(=O)C(NC(=O)/C(=N\OC)C(=O)COS(=O)(=O)c3ccc(C)cc3)[C@H]2SC1. The largest absolute Gasteiger partial charge is 0.425 e. The topological polar surface area (TPSA) is 193 Å². The maximum atomic E-state index is 13.2. The molecule has 0 aromatic heterocycles. The van der Waals surface area contributed by atoms with Gasteiger partial charge in [0.05, 0.1) is 16.9 Å². The van der Waals surface area contributed by atoms with Crippen molar-refractivity contribution in [3.8, 4) is 0 Å². The number of fused-ring (bicyclic) bond motifs is 1. The second-order valence-electron chi connectivity index (χ2n) is 10.9. The summed E-state index contributed by atoms with van der Waals surface area (Å²) in [5.41, 5.74) is -0.567. The van der Waals surface area contributed by atoms with Gasteiger partial charge in [-0.1, -0.05) is 22.9 Å². The molecule has 1 saturated heterocycles. The van der Waals surface area contributed by atoms with Gasteiger partial charge in [0.25, 0.3) is 21.9 Å². The average Bonchev–Trinajstić information content (AvgIpc) is 2.96. The molecule has 1 aromatic rings. The minimum Gasteiger partial charge on any atom is -0.425 e. The van der Waals surface area contributed by atoms with Crippen molar-refractivity contribution in [1.82, 2.24) is 10.2 Å². The zero-order chi connectivity index (χ0) is 33.7. The zero-order valence-electron chi connectivity index (χ0n) is 25.8. The van der Waals surface area contributed by atoms with Crippen LogP contribution < -0.4 is 5.32 Å². The number of esters is 2. The number of rotatable bonds is 13. The third-order valence-corrected chi connectivity index (χ3v) is 8.94. The summed E-state index contributed by atoms with van der Waals surface area (Å²) in [5.74, 6) is -4.29. The molecule has 2 amide bonds. The lowest BCUT2D eigenvalue weighted by Gasteiger charge is -2.49. The summed E-state index contributed by atoms with van der Waals surface area (Å²) >= 11 is 1.21. The number of ketones is 1. The first kappa shape index (κ1) is 35.7. The number of carbonyl (C=O) groups excluding carboxylic acids is 5. The predicted octanol–water partition coefficient (Wildman–Crippen LogP) is 1.05. The summed E-state index contributed by atoms with van der Waals surface area (Å²) in [7, 11) is -1.86. The number of amides is 2. The summed E-state index contributed by atoms with van der Waals surface area (Å²) in [6.07, 6.45) is -1.27.